The molecule has 0 aliphatic heterocycles. The molecule has 0 aliphatic carbocycles. The number of nitrogen functional groups attached to an aromatic ring is 1. The van der Waals surface area contributed by atoms with Gasteiger partial charge in [-0.05, 0) is 23.6 Å². The normalized spacial score (nSPS) is 10.9. The third-order valence-corrected chi connectivity index (χ3v) is 3.71. The summed E-state index contributed by atoms with van der Waals surface area (Å²) in [4.78, 5) is 1.09. The Hall–Kier alpha value is -2.01. The molecule has 3 heterocycles. The molecule has 0 atom stereocenters. The van der Waals surface area contributed by atoms with Gasteiger partial charge in [-0.15, -0.1) is 11.3 Å². The van der Waals surface area contributed by atoms with Crippen molar-refractivity contribution in [3.8, 4) is 21.9 Å². The molecular weight excluding hydrogens is 246 g/mol. The van der Waals surface area contributed by atoms with E-state index in [2.05, 4.69) is 17.1 Å². The van der Waals surface area contributed by atoms with Crippen LogP contribution in [0.3, 0.4) is 0 Å². The molecule has 3 N–H and O–H groups in total. The predicted octanol–water partition coefficient (Wildman–Crippen LogP) is 3.54. The second kappa shape index (κ2) is 4.34. The average Bonchev–Trinajstić information content (AvgIpc) is 3.07. The average molecular weight is 259 g/mol. The Morgan fingerprint density at radius 3 is 2.94 bits per heavy atom. The highest BCUT2D eigenvalue weighted by molar-refractivity contribution is 7.13. The van der Waals surface area contributed by atoms with Gasteiger partial charge >= 0.3 is 0 Å². The zero-order chi connectivity index (χ0) is 12.5. The van der Waals surface area contributed by atoms with Crippen molar-refractivity contribution in [2.75, 3.05) is 5.73 Å². The van der Waals surface area contributed by atoms with Gasteiger partial charge in [-0.3, -0.25) is 5.10 Å². The standard InChI is InChI=1S/C13H13N3OS/c1-2-8-5-6-9(17-8)12-11(13(14)16-15-12)10-4-3-7-18-10/h3-7H,2H2,1H3,(H3,14,15,16). The Balaban J connectivity index is 2.13. The van der Waals surface area contributed by atoms with E-state index in [1.54, 1.807) is 11.3 Å². The van der Waals surface area contributed by atoms with Crippen molar-refractivity contribution in [1.82, 2.24) is 10.2 Å². The molecule has 0 spiro atoms. The lowest BCUT2D eigenvalue weighted by Gasteiger charge is -1.98. The molecule has 0 fully saturated rings. The minimum atomic E-state index is 0.502. The Morgan fingerprint density at radius 1 is 1.39 bits per heavy atom. The number of rotatable bonds is 3. The van der Waals surface area contributed by atoms with Gasteiger partial charge in [0.05, 0.1) is 5.56 Å². The minimum absolute atomic E-state index is 0.502. The van der Waals surface area contributed by atoms with Crippen LogP contribution in [0.15, 0.2) is 34.1 Å². The number of H-pyrrole nitrogens is 1. The number of furan rings is 1. The third kappa shape index (κ3) is 1.73. The summed E-state index contributed by atoms with van der Waals surface area (Å²) in [5, 5.41) is 9.06. The van der Waals surface area contributed by atoms with Gasteiger partial charge in [0, 0.05) is 11.3 Å². The fourth-order valence-electron chi connectivity index (χ4n) is 1.91. The van der Waals surface area contributed by atoms with Gasteiger partial charge in [-0.1, -0.05) is 13.0 Å². The number of anilines is 1. The van der Waals surface area contributed by atoms with Gasteiger partial charge in [0.1, 0.15) is 11.5 Å². The summed E-state index contributed by atoms with van der Waals surface area (Å²) in [6, 6.07) is 7.95. The van der Waals surface area contributed by atoms with Crippen molar-refractivity contribution in [1.29, 1.82) is 0 Å². The molecule has 0 aliphatic rings. The van der Waals surface area contributed by atoms with E-state index in [0.29, 0.717) is 5.82 Å². The van der Waals surface area contributed by atoms with Crippen molar-refractivity contribution in [2.45, 2.75) is 13.3 Å². The van der Waals surface area contributed by atoms with Crippen LogP contribution < -0.4 is 5.73 Å². The maximum Gasteiger partial charge on any atom is 0.154 e. The number of aryl methyl sites for hydroxylation is 1. The first-order valence-corrected chi connectivity index (χ1v) is 6.64. The Bertz CT molecular complexity index is 652. The zero-order valence-corrected chi connectivity index (χ0v) is 10.8. The van der Waals surface area contributed by atoms with E-state index in [4.69, 9.17) is 10.2 Å². The van der Waals surface area contributed by atoms with Crippen molar-refractivity contribution in [3.05, 3.63) is 35.4 Å². The number of aromatic amines is 1. The lowest BCUT2D eigenvalue weighted by molar-refractivity contribution is 0.527. The predicted molar refractivity (Wildman–Crippen MR) is 73.4 cm³/mol. The van der Waals surface area contributed by atoms with Crippen molar-refractivity contribution < 1.29 is 4.42 Å². The zero-order valence-electron chi connectivity index (χ0n) is 9.93. The maximum absolute atomic E-state index is 5.93. The highest BCUT2D eigenvalue weighted by atomic mass is 32.1. The van der Waals surface area contributed by atoms with Crippen LogP contribution in [0.2, 0.25) is 0 Å². The fourth-order valence-corrected chi connectivity index (χ4v) is 2.69. The summed E-state index contributed by atoms with van der Waals surface area (Å²) in [5.41, 5.74) is 7.69. The SMILES string of the molecule is CCc1ccc(-c2[nH]nc(N)c2-c2cccs2)o1. The molecule has 0 aromatic carbocycles. The van der Waals surface area contributed by atoms with Crippen LogP contribution in [0.4, 0.5) is 5.82 Å². The summed E-state index contributed by atoms with van der Waals surface area (Å²) in [6.45, 7) is 2.06. The summed E-state index contributed by atoms with van der Waals surface area (Å²) in [6.07, 6.45) is 0.873. The first kappa shape index (κ1) is 11.1. The number of aromatic nitrogens is 2. The monoisotopic (exact) mass is 259 g/mol. The quantitative estimate of drug-likeness (QED) is 0.756. The fraction of sp³-hybridized carbons (Fsp3) is 0.154. The van der Waals surface area contributed by atoms with Crippen LogP contribution in [-0.4, -0.2) is 10.2 Å². The Labute approximate surface area is 108 Å². The lowest BCUT2D eigenvalue weighted by Crippen LogP contribution is -1.86. The van der Waals surface area contributed by atoms with E-state index in [1.165, 1.54) is 0 Å². The van der Waals surface area contributed by atoms with Gasteiger partial charge in [-0.25, -0.2) is 0 Å². The van der Waals surface area contributed by atoms with Gasteiger partial charge in [0.2, 0.25) is 0 Å². The third-order valence-electron chi connectivity index (χ3n) is 2.82. The lowest BCUT2D eigenvalue weighted by atomic mass is 10.1. The maximum atomic E-state index is 5.93. The molecule has 18 heavy (non-hydrogen) atoms. The first-order valence-electron chi connectivity index (χ1n) is 5.76. The highest BCUT2D eigenvalue weighted by Gasteiger charge is 2.17. The molecule has 0 unspecified atom stereocenters. The molecule has 0 bridgehead atoms. The Morgan fingerprint density at radius 2 is 2.28 bits per heavy atom. The van der Waals surface area contributed by atoms with E-state index in [9.17, 15) is 0 Å². The molecule has 3 rings (SSSR count). The summed E-state index contributed by atoms with van der Waals surface area (Å²) in [5.74, 6) is 2.23. The van der Waals surface area contributed by atoms with Crippen LogP contribution in [-0.2, 0) is 6.42 Å². The van der Waals surface area contributed by atoms with Crippen molar-refractivity contribution in [3.63, 3.8) is 0 Å². The molecule has 3 aromatic rings. The second-order valence-electron chi connectivity index (χ2n) is 3.96. The van der Waals surface area contributed by atoms with Crippen LogP contribution in [0.25, 0.3) is 21.9 Å². The highest BCUT2D eigenvalue weighted by Crippen LogP contribution is 2.37. The van der Waals surface area contributed by atoms with Crippen molar-refractivity contribution in [2.24, 2.45) is 0 Å². The molecular formula is C13H13N3OS. The summed E-state index contributed by atoms with van der Waals surface area (Å²) >= 11 is 1.63. The largest absolute Gasteiger partial charge is 0.459 e. The summed E-state index contributed by atoms with van der Waals surface area (Å²) in [7, 11) is 0. The number of nitrogens with two attached hydrogens (primary N) is 1. The number of thiophene rings is 1. The van der Waals surface area contributed by atoms with Gasteiger partial charge in [0.15, 0.2) is 11.6 Å². The molecule has 0 amide bonds. The van der Waals surface area contributed by atoms with E-state index in [1.807, 2.05) is 29.6 Å². The molecule has 5 heteroatoms. The van der Waals surface area contributed by atoms with Crippen LogP contribution >= 0.6 is 11.3 Å². The second-order valence-corrected chi connectivity index (χ2v) is 4.90. The van der Waals surface area contributed by atoms with Gasteiger partial charge in [0.25, 0.3) is 0 Å². The number of nitrogens with one attached hydrogen (secondary N) is 1. The number of nitrogens with zero attached hydrogens (tertiary/aromatic N) is 1. The minimum Gasteiger partial charge on any atom is -0.459 e. The van der Waals surface area contributed by atoms with Crippen LogP contribution in [0.1, 0.15) is 12.7 Å². The van der Waals surface area contributed by atoms with E-state index < -0.39 is 0 Å². The summed E-state index contributed by atoms with van der Waals surface area (Å²) < 4.78 is 5.75. The topological polar surface area (TPSA) is 67.8 Å². The molecule has 0 saturated carbocycles. The number of hydrogen-bond acceptors (Lipinski definition) is 4. The van der Waals surface area contributed by atoms with Crippen molar-refractivity contribution >= 4 is 17.2 Å². The van der Waals surface area contributed by atoms with Gasteiger partial charge < -0.3 is 10.2 Å². The molecule has 92 valence electrons. The number of hydrogen-bond donors (Lipinski definition) is 2. The van der Waals surface area contributed by atoms with Gasteiger partial charge in [-0.2, -0.15) is 5.10 Å². The molecule has 0 radical (unpaired) electrons. The van der Waals surface area contributed by atoms with Crippen LogP contribution in [0, 0.1) is 0 Å². The molecule has 0 saturated heterocycles. The van der Waals surface area contributed by atoms with E-state index >= 15 is 0 Å². The molecule has 4 nitrogen and oxygen atoms in total. The molecule has 3 aromatic heterocycles. The van der Waals surface area contributed by atoms with Crippen LogP contribution in [0.5, 0.6) is 0 Å². The smallest absolute Gasteiger partial charge is 0.154 e. The first-order chi connectivity index (χ1) is 8.79. The Kier molecular flexibility index (Phi) is 2.68. The van der Waals surface area contributed by atoms with E-state index in [0.717, 1.165) is 34.1 Å². The van der Waals surface area contributed by atoms with E-state index in [-0.39, 0.29) is 0 Å².